The summed E-state index contributed by atoms with van der Waals surface area (Å²) in [4.78, 5) is 8.65. The second-order valence-corrected chi connectivity index (χ2v) is 3.81. The van der Waals surface area contributed by atoms with Gasteiger partial charge in [0.25, 0.3) is 0 Å². The zero-order chi connectivity index (χ0) is 11.5. The largest absolute Gasteiger partial charge is 0.383 e. The Hall–Kier alpha value is -1.84. The van der Waals surface area contributed by atoms with E-state index in [9.17, 15) is 0 Å². The smallest absolute Gasteiger partial charge is 0.131 e. The number of aryl methyl sites for hydroxylation is 1. The molecule has 0 aromatic carbocycles. The van der Waals surface area contributed by atoms with Crippen molar-refractivity contribution in [3.8, 4) is 11.3 Å². The van der Waals surface area contributed by atoms with Gasteiger partial charge in [-0.1, -0.05) is 6.92 Å². The van der Waals surface area contributed by atoms with E-state index in [1.807, 2.05) is 23.7 Å². The van der Waals surface area contributed by atoms with Crippen LogP contribution in [0.25, 0.3) is 11.3 Å². The Morgan fingerprint density at radius 1 is 1.44 bits per heavy atom. The predicted octanol–water partition coefficient (Wildman–Crippen LogP) is 2.02. The highest BCUT2D eigenvalue weighted by atomic mass is 15.1. The van der Waals surface area contributed by atoms with E-state index in [1.165, 1.54) is 0 Å². The lowest BCUT2D eigenvalue weighted by atomic mass is 10.2. The first-order valence-corrected chi connectivity index (χ1v) is 5.45. The lowest BCUT2D eigenvalue weighted by Gasteiger charge is -2.00. The molecule has 0 bridgehead atoms. The number of hydrogen-bond acceptors (Lipinski definition) is 3. The molecule has 0 amide bonds. The Morgan fingerprint density at radius 2 is 2.25 bits per heavy atom. The van der Waals surface area contributed by atoms with Crippen molar-refractivity contribution in [1.29, 1.82) is 0 Å². The van der Waals surface area contributed by atoms with Crippen molar-refractivity contribution in [1.82, 2.24) is 14.5 Å². The van der Waals surface area contributed by atoms with Crippen LogP contribution in [0.5, 0.6) is 0 Å². The van der Waals surface area contributed by atoms with Gasteiger partial charge in [0.2, 0.25) is 0 Å². The van der Waals surface area contributed by atoms with Gasteiger partial charge in [0.15, 0.2) is 0 Å². The van der Waals surface area contributed by atoms with Crippen LogP contribution in [0.4, 0.5) is 5.82 Å². The van der Waals surface area contributed by atoms with Crippen molar-refractivity contribution >= 4 is 5.82 Å². The summed E-state index contributed by atoms with van der Waals surface area (Å²) in [5.41, 5.74) is 7.84. The topological polar surface area (TPSA) is 56.7 Å². The number of nitrogens with two attached hydrogens (primary N) is 1. The van der Waals surface area contributed by atoms with Crippen molar-refractivity contribution in [2.75, 3.05) is 5.73 Å². The molecule has 0 saturated carbocycles. The molecule has 4 nitrogen and oxygen atoms in total. The summed E-state index contributed by atoms with van der Waals surface area (Å²) in [5, 5.41) is 0. The number of hydrogen-bond donors (Lipinski definition) is 1. The second kappa shape index (κ2) is 4.35. The standard InChI is InChI=1S/C12H16N4/c1-3-5-10-15-11(12(13)16(10)2)9-6-4-7-14-8-9/h4,6-8H,3,5,13H2,1-2H3. The van der Waals surface area contributed by atoms with Crippen molar-refractivity contribution < 1.29 is 0 Å². The van der Waals surface area contributed by atoms with Gasteiger partial charge >= 0.3 is 0 Å². The SMILES string of the molecule is CCCc1nc(-c2cccnc2)c(N)n1C. The molecule has 0 aliphatic carbocycles. The lowest BCUT2D eigenvalue weighted by molar-refractivity contribution is 0.764. The van der Waals surface area contributed by atoms with Gasteiger partial charge in [-0.15, -0.1) is 0 Å². The maximum absolute atomic E-state index is 6.04. The number of aromatic nitrogens is 3. The van der Waals surface area contributed by atoms with Gasteiger partial charge in [-0.2, -0.15) is 0 Å². The molecule has 2 aromatic heterocycles. The molecule has 0 fully saturated rings. The highest BCUT2D eigenvalue weighted by Crippen LogP contribution is 2.24. The summed E-state index contributed by atoms with van der Waals surface area (Å²) in [7, 11) is 1.95. The molecule has 0 unspecified atom stereocenters. The molecule has 2 rings (SSSR count). The molecule has 0 aliphatic heterocycles. The fraction of sp³-hybridized carbons (Fsp3) is 0.333. The highest BCUT2D eigenvalue weighted by Gasteiger charge is 2.12. The zero-order valence-corrected chi connectivity index (χ0v) is 9.64. The molecule has 0 atom stereocenters. The molecular formula is C12H16N4. The van der Waals surface area contributed by atoms with Crippen LogP contribution in [0, 0.1) is 0 Å². The van der Waals surface area contributed by atoms with Crippen LogP contribution < -0.4 is 5.73 Å². The minimum atomic E-state index is 0.705. The van der Waals surface area contributed by atoms with Gasteiger partial charge in [-0.3, -0.25) is 4.98 Å². The maximum Gasteiger partial charge on any atom is 0.131 e. The van der Waals surface area contributed by atoms with Crippen LogP contribution in [0.3, 0.4) is 0 Å². The molecule has 4 heteroatoms. The van der Waals surface area contributed by atoms with Crippen molar-refractivity contribution in [2.45, 2.75) is 19.8 Å². The maximum atomic E-state index is 6.04. The molecule has 0 aliphatic rings. The average Bonchev–Trinajstić information content (AvgIpc) is 2.59. The van der Waals surface area contributed by atoms with E-state index in [-0.39, 0.29) is 0 Å². The molecule has 0 spiro atoms. The first-order valence-electron chi connectivity index (χ1n) is 5.45. The minimum Gasteiger partial charge on any atom is -0.383 e. The monoisotopic (exact) mass is 216 g/mol. The van der Waals surface area contributed by atoms with E-state index < -0.39 is 0 Å². The minimum absolute atomic E-state index is 0.705. The summed E-state index contributed by atoms with van der Waals surface area (Å²) in [6, 6.07) is 3.87. The fourth-order valence-electron chi connectivity index (χ4n) is 1.72. The van der Waals surface area contributed by atoms with Crippen molar-refractivity contribution in [3.05, 3.63) is 30.4 Å². The van der Waals surface area contributed by atoms with Crippen LogP contribution in [-0.4, -0.2) is 14.5 Å². The van der Waals surface area contributed by atoms with E-state index in [0.29, 0.717) is 5.82 Å². The Balaban J connectivity index is 2.46. The van der Waals surface area contributed by atoms with Gasteiger partial charge in [-0.05, 0) is 18.6 Å². The van der Waals surface area contributed by atoms with E-state index in [4.69, 9.17) is 5.73 Å². The first-order chi connectivity index (χ1) is 7.74. The molecule has 16 heavy (non-hydrogen) atoms. The number of pyridine rings is 1. The third-order valence-electron chi connectivity index (χ3n) is 2.64. The molecule has 2 heterocycles. The van der Waals surface area contributed by atoms with Crippen LogP contribution >= 0.6 is 0 Å². The second-order valence-electron chi connectivity index (χ2n) is 3.81. The van der Waals surface area contributed by atoms with E-state index >= 15 is 0 Å². The molecule has 0 radical (unpaired) electrons. The quantitative estimate of drug-likeness (QED) is 0.854. The number of nitrogens with zero attached hydrogens (tertiary/aromatic N) is 3. The van der Waals surface area contributed by atoms with Gasteiger partial charge in [0.05, 0.1) is 0 Å². The number of anilines is 1. The van der Waals surface area contributed by atoms with Crippen LogP contribution in [0.15, 0.2) is 24.5 Å². The van der Waals surface area contributed by atoms with Crippen LogP contribution in [0.1, 0.15) is 19.2 Å². The third kappa shape index (κ3) is 1.78. The summed E-state index contributed by atoms with van der Waals surface area (Å²) in [6.07, 6.45) is 5.54. The Morgan fingerprint density at radius 3 is 2.88 bits per heavy atom. The van der Waals surface area contributed by atoms with Crippen molar-refractivity contribution in [2.24, 2.45) is 7.05 Å². The molecule has 2 N–H and O–H groups in total. The normalized spacial score (nSPS) is 10.6. The molecule has 2 aromatic rings. The number of nitrogen functional groups attached to an aromatic ring is 1. The number of rotatable bonds is 3. The highest BCUT2D eigenvalue weighted by molar-refractivity contribution is 5.70. The van der Waals surface area contributed by atoms with E-state index in [0.717, 1.165) is 29.9 Å². The predicted molar refractivity (Wildman–Crippen MR) is 64.8 cm³/mol. The van der Waals surface area contributed by atoms with Gasteiger partial charge in [0, 0.05) is 31.4 Å². The Kier molecular flexibility index (Phi) is 2.90. The van der Waals surface area contributed by atoms with E-state index in [1.54, 1.807) is 12.4 Å². The summed E-state index contributed by atoms with van der Waals surface area (Å²) >= 11 is 0. The van der Waals surface area contributed by atoms with Gasteiger partial charge in [0.1, 0.15) is 17.3 Å². The van der Waals surface area contributed by atoms with Gasteiger partial charge in [-0.25, -0.2) is 4.98 Å². The Labute approximate surface area is 95.1 Å². The number of imidazole rings is 1. The third-order valence-corrected chi connectivity index (χ3v) is 2.64. The average molecular weight is 216 g/mol. The van der Waals surface area contributed by atoms with Gasteiger partial charge < -0.3 is 10.3 Å². The van der Waals surface area contributed by atoms with E-state index in [2.05, 4.69) is 16.9 Å². The fourth-order valence-corrected chi connectivity index (χ4v) is 1.72. The van der Waals surface area contributed by atoms with Crippen molar-refractivity contribution in [3.63, 3.8) is 0 Å². The summed E-state index contributed by atoms with van der Waals surface area (Å²) in [6.45, 7) is 2.13. The summed E-state index contributed by atoms with van der Waals surface area (Å²) < 4.78 is 1.95. The molecule has 0 saturated heterocycles. The van der Waals surface area contributed by atoms with Crippen LogP contribution in [0.2, 0.25) is 0 Å². The zero-order valence-electron chi connectivity index (χ0n) is 9.64. The first kappa shape index (κ1) is 10.7. The molecular weight excluding hydrogens is 200 g/mol. The summed E-state index contributed by atoms with van der Waals surface area (Å²) in [5.74, 6) is 1.73. The lowest BCUT2D eigenvalue weighted by Crippen LogP contribution is -2.01. The Bertz CT molecular complexity index is 473. The van der Waals surface area contributed by atoms with Crippen LogP contribution in [-0.2, 0) is 13.5 Å². The molecule has 84 valence electrons.